The van der Waals surface area contributed by atoms with Gasteiger partial charge in [0, 0.05) is 29.6 Å². The predicted molar refractivity (Wildman–Crippen MR) is 70.8 cm³/mol. The van der Waals surface area contributed by atoms with Crippen LogP contribution in [0.3, 0.4) is 0 Å². The van der Waals surface area contributed by atoms with Gasteiger partial charge in [-0.3, -0.25) is 4.55 Å². The monoisotopic (exact) mass is 265 g/mol. The van der Waals surface area contributed by atoms with Crippen LogP contribution in [-0.4, -0.2) is 48.3 Å². The minimum atomic E-state index is -3.76. The molecule has 0 amide bonds. The molecule has 5 heteroatoms. The van der Waals surface area contributed by atoms with E-state index in [0.29, 0.717) is 6.42 Å². The molecule has 0 bridgehead atoms. The molecular weight excluding hydrogens is 247 g/mol. The fourth-order valence-corrected chi connectivity index (χ4v) is 2.18. The molecule has 1 N–H and O–H groups in total. The summed E-state index contributed by atoms with van der Waals surface area (Å²) in [4.78, 5) is 0. The van der Waals surface area contributed by atoms with E-state index < -0.39 is 10.1 Å². The Balaban J connectivity index is 0.00000256. The summed E-state index contributed by atoms with van der Waals surface area (Å²) in [6, 6.07) is 10.2. The fraction of sp³-hybridized carbons (Fsp3) is 0.500. The first kappa shape index (κ1) is 17.1. The smallest absolute Gasteiger partial charge is 0.264 e. The number of hydrogen-bond donors (Lipinski definition) is 1. The van der Waals surface area contributed by atoms with Crippen molar-refractivity contribution in [2.24, 2.45) is 0 Å². The van der Waals surface area contributed by atoms with Crippen LogP contribution >= 0.6 is 0 Å². The van der Waals surface area contributed by atoms with Crippen molar-refractivity contribution in [1.29, 1.82) is 0 Å². The summed E-state index contributed by atoms with van der Waals surface area (Å²) in [6.07, 6.45) is 4.51. The van der Waals surface area contributed by atoms with E-state index >= 15 is 0 Å². The largest absolute Gasteiger partial charge is 0.286 e. The second-order valence-corrected chi connectivity index (χ2v) is 5.51. The molecule has 0 unspecified atom stereocenters. The van der Waals surface area contributed by atoms with E-state index in [1.54, 1.807) is 0 Å². The molecule has 0 aliphatic rings. The van der Waals surface area contributed by atoms with Crippen molar-refractivity contribution in [2.75, 3.05) is 5.75 Å². The molecule has 1 rings (SSSR count). The molecule has 0 saturated carbocycles. The fourth-order valence-electron chi connectivity index (χ4n) is 1.61. The van der Waals surface area contributed by atoms with Crippen LogP contribution in [0.25, 0.3) is 0 Å². The van der Waals surface area contributed by atoms with Crippen LogP contribution in [0.15, 0.2) is 30.3 Å². The van der Waals surface area contributed by atoms with Gasteiger partial charge in [0.05, 0.1) is 5.75 Å². The third-order valence-electron chi connectivity index (χ3n) is 2.46. The summed E-state index contributed by atoms with van der Waals surface area (Å²) >= 11 is 0. The molecule has 0 fully saturated rings. The molecule has 0 aromatic heterocycles. The van der Waals surface area contributed by atoms with Crippen LogP contribution in [0.1, 0.15) is 31.2 Å². The van der Waals surface area contributed by atoms with Crippen molar-refractivity contribution in [3.05, 3.63) is 35.9 Å². The second kappa shape index (κ2) is 9.11. The van der Waals surface area contributed by atoms with Gasteiger partial charge in [0.1, 0.15) is 0 Å². The molecule has 0 aliphatic carbocycles. The number of hydrogen-bond acceptors (Lipinski definition) is 2. The first-order valence-electron chi connectivity index (χ1n) is 5.57. The average molecular weight is 265 g/mol. The van der Waals surface area contributed by atoms with Gasteiger partial charge in [0.2, 0.25) is 0 Å². The van der Waals surface area contributed by atoms with Gasteiger partial charge < -0.3 is 0 Å². The Kier molecular flexibility index (Phi) is 9.18. The van der Waals surface area contributed by atoms with Crippen molar-refractivity contribution in [1.82, 2.24) is 0 Å². The van der Waals surface area contributed by atoms with E-state index in [9.17, 15) is 8.42 Å². The predicted octanol–water partition coefficient (Wildman–Crippen LogP) is 2.30. The van der Waals surface area contributed by atoms with Gasteiger partial charge in [-0.05, 0) is 24.8 Å². The van der Waals surface area contributed by atoms with Crippen molar-refractivity contribution in [3.63, 3.8) is 0 Å². The third-order valence-corrected chi connectivity index (χ3v) is 3.27. The van der Waals surface area contributed by atoms with Gasteiger partial charge in [-0.2, -0.15) is 8.42 Å². The molecule has 17 heavy (non-hydrogen) atoms. The quantitative estimate of drug-likeness (QED) is 0.467. The second-order valence-electron chi connectivity index (χ2n) is 3.94. The summed E-state index contributed by atoms with van der Waals surface area (Å²) in [5, 5.41) is 0. The first-order valence-corrected chi connectivity index (χ1v) is 7.18. The molecular formula is C12H18NaO3S. The maximum absolute atomic E-state index is 10.4. The molecule has 1 aromatic carbocycles. The summed E-state index contributed by atoms with van der Waals surface area (Å²) in [5.74, 6) is -0.113. The van der Waals surface area contributed by atoms with Gasteiger partial charge in [0.15, 0.2) is 0 Å². The number of rotatable bonds is 7. The van der Waals surface area contributed by atoms with Gasteiger partial charge in [-0.1, -0.05) is 43.2 Å². The van der Waals surface area contributed by atoms with Crippen molar-refractivity contribution >= 4 is 39.7 Å². The van der Waals surface area contributed by atoms with Crippen LogP contribution in [0, 0.1) is 0 Å². The molecule has 3 nitrogen and oxygen atoms in total. The minimum absolute atomic E-state index is 0. The Bertz CT molecular complexity index is 389. The Hall–Kier alpha value is 0.130. The van der Waals surface area contributed by atoms with E-state index in [0.717, 1.165) is 25.7 Å². The number of aryl methyl sites for hydroxylation is 1. The molecule has 0 atom stereocenters. The molecule has 91 valence electrons. The van der Waals surface area contributed by atoms with Crippen molar-refractivity contribution in [3.8, 4) is 0 Å². The summed E-state index contributed by atoms with van der Waals surface area (Å²) in [7, 11) is -3.76. The van der Waals surface area contributed by atoms with Gasteiger partial charge in [0.25, 0.3) is 10.1 Å². The van der Waals surface area contributed by atoms with Gasteiger partial charge >= 0.3 is 0 Å². The van der Waals surface area contributed by atoms with Crippen LogP contribution in [-0.2, 0) is 16.5 Å². The van der Waals surface area contributed by atoms with E-state index in [1.807, 2.05) is 18.2 Å². The van der Waals surface area contributed by atoms with Crippen molar-refractivity contribution < 1.29 is 13.0 Å². The zero-order valence-electron chi connectivity index (χ0n) is 10.3. The molecule has 0 spiro atoms. The van der Waals surface area contributed by atoms with Crippen LogP contribution in [0.5, 0.6) is 0 Å². The normalized spacial score (nSPS) is 10.9. The van der Waals surface area contributed by atoms with Crippen molar-refractivity contribution in [2.45, 2.75) is 32.1 Å². The third kappa shape index (κ3) is 9.80. The Morgan fingerprint density at radius 3 is 2.12 bits per heavy atom. The maximum atomic E-state index is 10.4. The molecule has 1 aromatic rings. The SMILES string of the molecule is O=S(=O)(O)CCCCCCc1ccccc1.[Na]. The van der Waals surface area contributed by atoms with E-state index in [2.05, 4.69) is 12.1 Å². The number of benzene rings is 1. The molecule has 0 heterocycles. The van der Waals surface area contributed by atoms with E-state index in [4.69, 9.17) is 4.55 Å². The molecule has 0 aliphatic heterocycles. The summed E-state index contributed by atoms with van der Waals surface area (Å²) in [5.41, 5.74) is 1.32. The minimum Gasteiger partial charge on any atom is -0.286 e. The first-order chi connectivity index (χ1) is 7.58. The summed E-state index contributed by atoms with van der Waals surface area (Å²) < 4.78 is 29.4. The number of unbranched alkanes of at least 4 members (excludes halogenated alkanes) is 3. The Labute approximate surface area is 126 Å². The average Bonchev–Trinajstić information content (AvgIpc) is 2.23. The standard InChI is InChI=1S/C12H18O3S.Na/c13-16(14,15)11-7-2-1-4-8-12-9-5-3-6-10-12;/h3,5-6,9-10H,1-2,4,7-8,11H2,(H,13,14,15);. The summed E-state index contributed by atoms with van der Waals surface area (Å²) in [6.45, 7) is 0. The zero-order valence-corrected chi connectivity index (χ0v) is 13.1. The van der Waals surface area contributed by atoms with Crippen LogP contribution in [0.4, 0.5) is 0 Å². The Morgan fingerprint density at radius 1 is 0.941 bits per heavy atom. The molecule has 1 radical (unpaired) electrons. The molecule has 0 saturated heterocycles. The van der Waals surface area contributed by atoms with E-state index in [1.165, 1.54) is 5.56 Å². The van der Waals surface area contributed by atoms with Gasteiger partial charge in [-0.15, -0.1) is 0 Å². The topological polar surface area (TPSA) is 54.4 Å². The van der Waals surface area contributed by atoms with Crippen LogP contribution in [0.2, 0.25) is 0 Å². The van der Waals surface area contributed by atoms with Gasteiger partial charge in [-0.25, -0.2) is 0 Å². The van der Waals surface area contributed by atoms with E-state index in [-0.39, 0.29) is 35.3 Å². The zero-order chi connectivity index (χ0) is 11.9. The maximum Gasteiger partial charge on any atom is 0.264 e. The Morgan fingerprint density at radius 2 is 1.53 bits per heavy atom. The van der Waals surface area contributed by atoms with Crippen LogP contribution < -0.4 is 0 Å².